The van der Waals surface area contributed by atoms with Crippen LogP contribution >= 0.6 is 11.6 Å². The highest BCUT2D eigenvalue weighted by Crippen LogP contribution is 2.21. The van der Waals surface area contributed by atoms with Crippen molar-refractivity contribution in [2.45, 2.75) is 11.8 Å². The van der Waals surface area contributed by atoms with E-state index in [1.54, 1.807) is 6.92 Å². The second-order valence-electron chi connectivity index (χ2n) is 2.73. The maximum atomic E-state index is 11.8. The minimum Gasteiger partial charge on any atom is -0.263 e. The first-order valence-corrected chi connectivity index (χ1v) is 5.87. The largest absolute Gasteiger partial charge is 0.263 e. The zero-order chi connectivity index (χ0) is 10.8. The van der Waals surface area contributed by atoms with E-state index in [0.717, 1.165) is 0 Å². The Labute approximate surface area is 88.6 Å². The van der Waals surface area contributed by atoms with Crippen LogP contribution < -0.4 is 0 Å². The fourth-order valence-corrected chi connectivity index (χ4v) is 2.47. The van der Waals surface area contributed by atoms with E-state index in [0.29, 0.717) is 6.54 Å². The molecule has 1 heterocycles. The Kier molecular flexibility index (Phi) is 3.47. The van der Waals surface area contributed by atoms with Gasteiger partial charge >= 0.3 is 0 Å². The molecule has 0 atom stereocenters. The molecule has 14 heavy (non-hydrogen) atoms. The molecule has 0 aliphatic rings. The summed E-state index contributed by atoms with van der Waals surface area (Å²) in [4.78, 5) is 3.79. The van der Waals surface area contributed by atoms with E-state index in [2.05, 4.69) is 4.98 Å². The Balaban J connectivity index is 3.24. The van der Waals surface area contributed by atoms with Crippen molar-refractivity contribution < 1.29 is 8.42 Å². The number of hydrogen-bond donors (Lipinski definition) is 0. The minimum atomic E-state index is -3.48. The molecule has 0 aliphatic heterocycles. The van der Waals surface area contributed by atoms with Crippen LogP contribution in [0.1, 0.15) is 6.92 Å². The van der Waals surface area contributed by atoms with E-state index in [-0.39, 0.29) is 9.92 Å². The van der Waals surface area contributed by atoms with Crippen LogP contribution in [0.25, 0.3) is 0 Å². The molecule has 0 aliphatic carbocycles. The molecule has 1 aromatic heterocycles. The third kappa shape index (κ3) is 2.05. The first-order chi connectivity index (χ1) is 6.50. The van der Waals surface area contributed by atoms with Gasteiger partial charge in [0.15, 0.2) is 0 Å². The lowest BCUT2D eigenvalue weighted by molar-refractivity contribution is 0.486. The number of nitrogens with zero attached hydrogens (tertiary/aromatic N) is 2. The maximum Gasteiger partial charge on any atom is 0.245 e. The molecule has 0 spiro atoms. The van der Waals surface area contributed by atoms with Crippen molar-refractivity contribution in [3.05, 3.63) is 23.5 Å². The standard InChI is InChI=1S/C8H11ClN2O2S/c1-3-11(2)14(12,13)8-6-10-5-4-7(8)9/h4-6H,3H2,1-2H3. The molecule has 0 amide bonds. The van der Waals surface area contributed by atoms with Crippen LogP contribution in [-0.4, -0.2) is 31.3 Å². The van der Waals surface area contributed by atoms with Crippen LogP contribution in [-0.2, 0) is 10.0 Å². The smallest absolute Gasteiger partial charge is 0.245 e. The molecular weight excluding hydrogens is 224 g/mol. The van der Waals surface area contributed by atoms with Gasteiger partial charge in [-0.3, -0.25) is 4.98 Å². The summed E-state index contributed by atoms with van der Waals surface area (Å²) in [7, 11) is -1.98. The Morgan fingerprint density at radius 2 is 2.21 bits per heavy atom. The molecule has 4 nitrogen and oxygen atoms in total. The molecule has 6 heteroatoms. The summed E-state index contributed by atoms with van der Waals surface area (Å²) in [5, 5.41) is 0.195. The van der Waals surface area contributed by atoms with Crippen LogP contribution in [0.15, 0.2) is 23.4 Å². The summed E-state index contributed by atoms with van der Waals surface area (Å²) in [6, 6.07) is 1.46. The summed E-state index contributed by atoms with van der Waals surface area (Å²) in [5.41, 5.74) is 0. The van der Waals surface area contributed by atoms with Crippen molar-refractivity contribution in [2.75, 3.05) is 13.6 Å². The van der Waals surface area contributed by atoms with Crippen LogP contribution in [0.3, 0.4) is 0 Å². The van der Waals surface area contributed by atoms with Crippen molar-refractivity contribution in [3.8, 4) is 0 Å². The third-order valence-corrected chi connectivity index (χ3v) is 4.27. The van der Waals surface area contributed by atoms with E-state index in [9.17, 15) is 8.42 Å². The van der Waals surface area contributed by atoms with Crippen LogP contribution in [0, 0.1) is 0 Å². The molecule has 1 rings (SSSR count). The Morgan fingerprint density at radius 3 is 2.71 bits per heavy atom. The number of halogens is 1. The fraction of sp³-hybridized carbons (Fsp3) is 0.375. The highest BCUT2D eigenvalue weighted by Gasteiger charge is 2.22. The van der Waals surface area contributed by atoms with E-state index in [4.69, 9.17) is 11.6 Å². The van der Waals surface area contributed by atoms with E-state index in [1.165, 1.54) is 29.8 Å². The van der Waals surface area contributed by atoms with E-state index < -0.39 is 10.0 Å². The summed E-state index contributed by atoms with van der Waals surface area (Å²) < 4.78 is 24.8. The molecule has 0 saturated heterocycles. The van der Waals surface area contributed by atoms with Gasteiger partial charge in [-0.2, -0.15) is 0 Å². The van der Waals surface area contributed by atoms with Gasteiger partial charge in [0.25, 0.3) is 0 Å². The van der Waals surface area contributed by atoms with Crippen molar-refractivity contribution in [1.29, 1.82) is 0 Å². The second kappa shape index (κ2) is 4.25. The lowest BCUT2D eigenvalue weighted by Gasteiger charge is -2.14. The zero-order valence-corrected chi connectivity index (χ0v) is 9.51. The molecule has 0 unspecified atom stereocenters. The SMILES string of the molecule is CCN(C)S(=O)(=O)c1cnccc1Cl. The van der Waals surface area contributed by atoms with Gasteiger partial charge in [0.05, 0.1) is 5.02 Å². The number of sulfonamides is 1. The van der Waals surface area contributed by atoms with Gasteiger partial charge in [0, 0.05) is 26.0 Å². The van der Waals surface area contributed by atoms with E-state index in [1.807, 2.05) is 0 Å². The van der Waals surface area contributed by atoms with Crippen molar-refractivity contribution in [2.24, 2.45) is 0 Å². The van der Waals surface area contributed by atoms with Crippen molar-refractivity contribution in [1.82, 2.24) is 9.29 Å². The third-order valence-electron chi connectivity index (χ3n) is 1.87. The lowest BCUT2D eigenvalue weighted by Crippen LogP contribution is -2.26. The molecule has 0 bridgehead atoms. The van der Waals surface area contributed by atoms with E-state index >= 15 is 0 Å². The monoisotopic (exact) mass is 234 g/mol. The molecule has 0 aromatic carbocycles. The minimum absolute atomic E-state index is 0.0472. The highest BCUT2D eigenvalue weighted by molar-refractivity contribution is 7.89. The van der Waals surface area contributed by atoms with Crippen molar-refractivity contribution in [3.63, 3.8) is 0 Å². The predicted octanol–water partition coefficient (Wildman–Crippen LogP) is 1.38. The Bertz CT molecular complexity index is 419. The summed E-state index contributed by atoms with van der Waals surface area (Å²) >= 11 is 5.76. The molecule has 0 fully saturated rings. The Morgan fingerprint density at radius 1 is 1.57 bits per heavy atom. The molecule has 78 valence electrons. The summed E-state index contributed by atoms with van der Waals surface area (Å²) in [6.45, 7) is 2.15. The quantitative estimate of drug-likeness (QED) is 0.794. The first-order valence-electron chi connectivity index (χ1n) is 4.06. The second-order valence-corrected chi connectivity index (χ2v) is 5.15. The number of hydrogen-bond acceptors (Lipinski definition) is 3. The number of rotatable bonds is 3. The van der Waals surface area contributed by atoms with Crippen LogP contribution in [0.2, 0.25) is 5.02 Å². The summed E-state index contributed by atoms with van der Waals surface area (Å²) in [5.74, 6) is 0. The fourth-order valence-electron chi connectivity index (χ4n) is 0.891. The van der Waals surface area contributed by atoms with Gasteiger partial charge in [0.2, 0.25) is 10.0 Å². The molecular formula is C8H11ClN2O2S. The van der Waals surface area contributed by atoms with Crippen LogP contribution in [0.4, 0.5) is 0 Å². The average Bonchev–Trinajstić information content (AvgIpc) is 2.17. The normalized spacial score (nSPS) is 12.0. The predicted molar refractivity (Wildman–Crippen MR) is 54.7 cm³/mol. The summed E-state index contributed by atoms with van der Waals surface area (Å²) in [6.07, 6.45) is 2.71. The van der Waals surface area contributed by atoms with Gasteiger partial charge in [0.1, 0.15) is 4.90 Å². The van der Waals surface area contributed by atoms with Crippen molar-refractivity contribution >= 4 is 21.6 Å². The van der Waals surface area contributed by atoms with Gasteiger partial charge < -0.3 is 0 Å². The molecule has 0 radical (unpaired) electrons. The van der Waals surface area contributed by atoms with Crippen LogP contribution in [0.5, 0.6) is 0 Å². The van der Waals surface area contributed by atoms with Gasteiger partial charge in [-0.1, -0.05) is 18.5 Å². The molecule has 0 saturated carbocycles. The topological polar surface area (TPSA) is 50.3 Å². The maximum absolute atomic E-state index is 11.8. The van der Waals surface area contributed by atoms with Gasteiger partial charge in [-0.05, 0) is 6.07 Å². The number of pyridine rings is 1. The molecule has 0 N–H and O–H groups in total. The molecule has 1 aromatic rings. The van der Waals surface area contributed by atoms with Gasteiger partial charge in [-0.25, -0.2) is 12.7 Å². The zero-order valence-electron chi connectivity index (χ0n) is 7.94. The lowest BCUT2D eigenvalue weighted by atomic mass is 10.5. The number of aromatic nitrogens is 1. The van der Waals surface area contributed by atoms with Gasteiger partial charge in [-0.15, -0.1) is 0 Å². The average molecular weight is 235 g/mol. The Hall–Kier alpha value is -0.650. The highest BCUT2D eigenvalue weighted by atomic mass is 35.5. The first kappa shape index (κ1) is 11.4.